The van der Waals surface area contributed by atoms with Crippen LogP contribution < -0.4 is 4.74 Å². The Kier molecular flexibility index (Phi) is 5.52. The molecule has 4 heteroatoms. The fraction of sp³-hybridized carbons (Fsp3) is 0.211. The molecule has 0 radical (unpaired) electrons. The molecule has 0 unspecified atom stereocenters. The van der Waals surface area contributed by atoms with Gasteiger partial charge in [0.05, 0.1) is 7.11 Å². The van der Waals surface area contributed by atoms with Crippen molar-refractivity contribution in [1.29, 1.82) is 0 Å². The lowest BCUT2D eigenvalue weighted by molar-refractivity contribution is -0.125. The Balaban J connectivity index is 2.05. The minimum atomic E-state index is -0.294. The number of methoxy groups -OCH3 is 1. The van der Waals surface area contributed by atoms with Crippen LogP contribution in [-0.2, 0) is 11.3 Å². The lowest BCUT2D eigenvalue weighted by atomic mass is 10.1. The Bertz CT molecular complexity index is 708. The smallest absolute Gasteiger partial charge is 0.246 e. The van der Waals surface area contributed by atoms with E-state index in [1.807, 2.05) is 25.1 Å². The number of amides is 1. The molecule has 0 fully saturated rings. The topological polar surface area (TPSA) is 29.5 Å². The second-order valence-corrected chi connectivity index (χ2v) is 5.39. The molecule has 2 rings (SSSR count). The molecule has 0 aliphatic rings. The van der Waals surface area contributed by atoms with E-state index in [-0.39, 0.29) is 11.7 Å². The first-order valence-electron chi connectivity index (χ1n) is 7.32. The molecule has 0 aliphatic carbocycles. The first-order valence-corrected chi connectivity index (χ1v) is 7.32. The molecule has 2 aromatic carbocycles. The van der Waals surface area contributed by atoms with Crippen LogP contribution in [0.3, 0.4) is 0 Å². The molecule has 2 aromatic rings. The summed E-state index contributed by atoms with van der Waals surface area (Å²) in [5.41, 5.74) is 2.85. The molecule has 0 spiro atoms. The lowest BCUT2D eigenvalue weighted by Gasteiger charge is -2.17. The molecule has 0 saturated carbocycles. The van der Waals surface area contributed by atoms with Crippen LogP contribution in [0.25, 0.3) is 6.08 Å². The normalized spacial score (nSPS) is 10.8. The molecule has 0 saturated heterocycles. The first-order chi connectivity index (χ1) is 11.0. The number of nitrogens with zero attached hydrogens (tertiary/aromatic N) is 1. The van der Waals surface area contributed by atoms with Crippen molar-refractivity contribution in [3.8, 4) is 5.75 Å². The van der Waals surface area contributed by atoms with Crippen molar-refractivity contribution in [3.63, 3.8) is 0 Å². The molecule has 0 bridgehead atoms. The van der Waals surface area contributed by atoms with E-state index in [0.29, 0.717) is 6.54 Å². The van der Waals surface area contributed by atoms with E-state index in [0.717, 1.165) is 22.4 Å². The number of aryl methyl sites for hydroxylation is 1. The maximum absolute atomic E-state index is 12.8. The minimum Gasteiger partial charge on any atom is -0.496 e. The SMILES string of the molecule is COc1ccc(C)cc1CN(C)C(=O)/C=C/c1ccc(F)cc1. The lowest BCUT2D eigenvalue weighted by Crippen LogP contribution is -2.24. The maximum atomic E-state index is 12.8. The van der Waals surface area contributed by atoms with Gasteiger partial charge in [0, 0.05) is 25.2 Å². The van der Waals surface area contributed by atoms with Gasteiger partial charge in [0.15, 0.2) is 0 Å². The van der Waals surface area contributed by atoms with Crippen molar-refractivity contribution < 1.29 is 13.9 Å². The first kappa shape index (κ1) is 16.7. The molecule has 0 heterocycles. The average Bonchev–Trinajstić information content (AvgIpc) is 2.54. The summed E-state index contributed by atoms with van der Waals surface area (Å²) in [6.07, 6.45) is 3.15. The predicted octanol–water partition coefficient (Wildman–Crippen LogP) is 3.81. The van der Waals surface area contributed by atoms with Gasteiger partial charge in [-0.3, -0.25) is 4.79 Å². The summed E-state index contributed by atoms with van der Waals surface area (Å²) >= 11 is 0. The molecular formula is C19H20FNO2. The van der Waals surface area contributed by atoms with Gasteiger partial charge in [-0.15, -0.1) is 0 Å². The van der Waals surface area contributed by atoms with Crippen molar-refractivity contribution >= 4 is 12.0 Å². The van der Waals surface area contributed by atoms with Crippen LogP contribution in [0.2, 0.25) is 0 Å². The fourth-order valence-electron chi connectivity index (χ4n) is 2.23. The monoisotopic (exact) mass is 313 g/mol. The molecule has 0 atom stereocenters. The second-order valence-electron chi connectivity index (χ2n) is 5.39. The van der Waals surface area contributed by atoms with Crippen molar-refractivity contribution in [2.24, 2.45) is 0 Å². The third-order valence-corrected chi connectivity index (χ3v) is 3.51. The van der Waals surface area contributed by atoms with Gasteiger partial charge in [0.1, 0.15) is 11.6 Å². The summed E-state index contributed by atoms with van der Waals surface area (Å²) in [6, 6.07) is 11.9. The minimum absolute atomic E-state index is 0.127. The summed E-state index contributed by atoms with van der Waals surface area (Å²) in [4.78, 5) is 13.8. The highest BCUT2D eigenvalue weighted by atomic mass is 19.1. The molecule has 0 aliphatic heterocycles. The zero-order valence-corrected chi connectivity index (χ0v) is 13.5. The zero-order chi connectivity index (χ0) is 16.8. The number of ether oxygens (including phenoxy) is 1. The van der Waals surface area contributed by atoms with Gasteiger partial charge < -0.3 is 9.64 Å². The Hall–Kier alpha value is -2.62. The van der Waals surface area contributed by atoms with Crippen LogP contribution in [0.15, 0.2) is 48.5 Å². The van der Waals surface area contributed by atoms with Crippen LogP contribution >= 0.6 is 0 Å². The van der Waals surface area contributed by atoms with Crippen LogP contribution in [0.4, 0.5) is 4.39 Å². The summed E-state index contributed by atoms with van der Waals surface area (Å²) in [7, 11) is 3.35. The van der Waals surface area contributed by atoms with Gasteiger partial charge in [-0.05, 0) is 36.8 Å². The van der Waals surface area contributed by atoms with Gasteiger partial charge in [-0.1, -0.05) is 29.8 Å². The van der Waals surface area contributed by atoms with Gasteiger partial charge in [0.2, 0.25) is 5.91 Å². The van der Waals surface area contributed by atoms with E-state index < -0.39 is 0 Å². The van der Waals surface area contributed by atoms with Gasteiger partial charge in [0.25, 0.3) is 0 Å². The summed E-state index contributed by atoms with van der Waals surface area (Å²) in [5.74, 6) is 0.341. The predicted molar refractivity (Wildman–Crippen MR) is 89.6 cm³/mol. The molecule has 120 valence electrons. The van der Waals surface area contributed by atoms with Gasteiger partial charge in [-0.25, -0.2) is 4.39 Å². The standard InChI is InChI=1S/C19H20FNO2/c1-14-4-10-18(23-3)16(12-14)13-21(2)19(22)11-7-15-5-8-17(20)9-6-15/h4-12H,13H2,1-3H3/b11-7+. The van der Waals surface area contributed by atoms with Gasteiger partial charge >= 0.3 is 0 Å². The summed E-state index contributed by atoms with van der Waals surface area (Å²) in [6.45, 7) is 2.46. The van der Waals surface area contributed by atoms with E-state index in [2.05, 4.69) is 0 Å². The Morgan fingerprint density at radius 1 is 1.22 bits per heavy atom. The molecule has 1 amide bonds. The number of halogens is 1. The van der Waals surface area contributed by atoms with E-state index in [9.17, 15) is 9.18 Å². The van der Waals surface area contributed by atoms with E-state index in [4.69, 9.17) is 4.74 Å². The highest BCUT2D eigenvalue weighted by Gasteiger charge is 2.10. The number of rotatable bonds is 5. The number of carbonyl (C=O) groups is 1. The quantitative estimate of drug-likeness (QED) is 0.786. The van der Waals surface area contributed by atoms with E-state index in [1.165, 1.54) is 18.2 Å². The Labute approximate surface area is 136 Å². The summed E-state index contributed by atoms with van der Waals surface area (Å²) < 4.78 is 18.2. The summed E-state index contributed by atoms with van der Waals surface area (Å²) in [5, 5.41) is 0. The van der Waals surface area contributed by atoms with Crippen LogP contribution in [0.5, 0.6) is 5.75 Å². The van der Waals surface area contributed by atoms with Crippen LogP contribution in [0.1, 0.15) is 16.7 Å². The van der Waals surface area contributed by atoms with E-state index in [1.54, 1.807) is 37.3 Å². The van der Waals surface area contributed by atoms with Crippen molar-refractivity contribution in [3.05, 3.63) is 71.0 Å². The largest absolute Gasteiger partial charge is 0.496 e. The zero-order valence-electron chi connectivity index (χ0n) is 13.5. The van der Waals surface area contributed by atoms with Crippen molar-refractivity contribution in [2.45, 2.75) is 13.5 Å². The number of carbonyl (C=O) groups excluding carboxylic acids is 1. The molecular weight excluding hydrogens is 293 g/mol. The molecule has 0 aromatic heterocycles. The average molecular weight is 313 g/mol. The van der Waals surface area contributed by atoms with Gasteiger partial charge in [-0.2, -0.15) is 0 Å². The molecule has 0 N–H and O–H groups in total. The second kappa shape index (κ2) is 7.58. The van der Waals surface area contributed by atoms with Crippen LogP contribution in [-0.4, -0.2) is 25.0 Å². The highest BCUT2D eigenvalue weighted by molar-refractivity contribution is 5.91. The number of hydrogen-bond donors (Lipinski definition) is 0. The Morgan fingerprint density at radius 3 is 2.57 bits per heavy atom. The number of hydrogen-bond acceptors (Lipinski definition) is 2. The third kappa shape index (κ3) is 4.68. The van der Waals surface area contributed by atoms with Crippen molar-refractivity contribution in [1.82, 2.24) is 4.90 Å². The van der Waals surface area contributed by atoms with E-state index >= 15 is 0 Å². The third-order valence-electron chi connectivity index (χ3n) is 3.51. The fourth-order valence-corrected chi connectivity index (χ4v) is 2.23. The number of likely N-dealkylation sites (N-methyl/N-ethyl adjacent to an activating group) is 1. The number of benzene rings is 2. The Morgan fingerprint density at radius 2 is 1.91 bits per heavy atom. The molecule has 3 nitrogen and oxygen atoms in total. The molecule has 23 heavy (non-hydrogen) atoms. The van der Waals surface area contributed by atoms with Crippen molar-refractivity contribution in [2.75, 3.05) is 14.2 Å². The maximum Gasteiger partial charge on any atom is 0.246 e. The van der Waals surface area contributed by atoms with Crippen LogP contribution in [0, 0.1) is 12.7 Å². The highest BCUT2D eigenvalue weighted by Crippen LogP contribution is 2.21.